The van der Waals surface area contributed by atoms with Crippen LogP contribution in [0.25, 0.3) is 0 Å². The van der Waals surface area contributed by atoms with Crippen LogP contribution >= 0.6 is 0 Å². The van der Waals surface area contributed by atoms with Gasteiger partial charge in [0.05, 0.1) is 18.2 Å². The molecule has 8 heteroatoms. The Labute approximate surface area is 219 Å². The molecule has 2 atom stereocenters. The van der Waals surface area contributed by atoms with Crippen LogP contribution in [0.2, 0.25) is 0 Å². The Balaban J connectivity index is 2.13. The lowest BCUT2D eigenvalue weighted by Crippen LogP contribution is -2.45. The van der Waals surface area contributed by atoms with Crippen molar-refractivity contribution < 1.29 is 23.9 Å². The quantitative estimate of drug-likeness (QED) is 0.491. The number of esters is 1. The number of benzene rings is 2. The Morgan fingerprint density at radius 1 is 1.05 bits per heavy atom. The number of carbonyl (C=O) groups excluding carboxylic acids is 3. The molecule has 8 nitrogen and oxygen atoms in total. The average molecular weight is 508 g/mol. The summed E-state index contributed by atoms with van der Waals surface area (Å²) in [6.07, 6.45) is -0.316. The number of carbonyl (C=O) groups is 3. The van der Waals surface area contributed by atoms with E-state index in [1.54, 1.807) is 45.9 Å². The van der Waals surface area contributed by atoms with Crippen molar-refractivity contribution >= 4 is 23.9 Å². The van der Waals surface area contributed by atoms with Crippen LogP contribution < -0.4 is 5.32 Å². The Hall–Kier alpha value is -3.68. The molecule has 1 heterocycles. The summed E-state index contributed by atoms with van der Waals surface area (Å²) in [5, 5.41) is 3.31. The minimum atomic E-state index is -1.12. The maximum Gasteiger partial charge on any atom is 0.437 e. The number of guanidine groups is 1. The standard InChI is InChI=1S/C29H37N3O5/c1-8-36-24(33)22-14-12-13-21(17-22)20(4)32-25(34)29(18-19(2)3,23-15-10-9-11-16-23)31-26(32)30-27(35)37-28(5,6)7/h9-17,19-20H,8,18H2,1-7H3,(H,30,31,35)/t20?,29-/m1/s1. The molecular weight excluding hydrogens is 470 g/mol. The first kappa shape index (κ1) is 27.9. The second-order valence-corrected chi connectivity index (χ2v) is 10.6. The monoisotopic (exact) mass is 507 g/mol. The van der Waals surface area contributed by atoms with Gasteiger partial charge in [-0.05, 0) is 70.2 Å². The molecule has 198 valence electrons. The molecule has 2 aromatic carbocycles. The van der Waals surface area contributed by atoms with Gasteiger partial charge in [0, 0.05) is 0 Å². The van der Waals surface area contributed by atoms with Gasteiger partial charge < -0.3 is 14.8 Å². The number of ether oxygens (including phenoxy) is 2. The van der Waals surface area contributed by atoms with Crippen molar-refractivity contribution in [3.05, 3.63) is 71.3 Å². The summed E-state index contributed by atoms with van der Waals surface area (Å²) < 4.78 is 10.6. The van der Waals surface area contributed by atoms with Crippen LogP contribution in [0.4, 0.5) is 4.79 Å². The Morgan fingerprint density at radius 3 is 2.32 bits per heavy atom. The maximum atomic E-state index is 14.3. The van der Waals surface area contributed by atoms with E-state index in [9.17, 15) is 14.4 Å². The molecule has 1 aliphatic rings. The smallest absolute Gasteiger partial charge is 0.437 e. The minimum Gasteiger partial charge on any atom is -0.462 e. The number of rotatable bonds is 7. The molecule has 3 rings (SSSR count). The zero-order valence-electron chi connectivity index (χ0n) is 22.7. The van der Waals surface area contributed by atoms with Crippen LogP contribution in [0, 0.1) is 5.92 Å². The van der Waals surface area contributed by atoms with Gasteiger partial charge in [0.1, 0.15) is 11.1 Å². The third-order valence-electron chi connectivity index (χ3n) is 5.98. The second-order valence-electron chi connectivity index (χ2n) is 10.6. The van der Waals surface area contributed by atoms with E-state index in [0.29, 0.717) is 17.5 Å². The van der Waals surface area contributed by atoms with E-state index < -0.39 is 29.2 Å². The molecular formula is C29H37N3O5. The van der Waals surface area contributed by atoms with Gasteiger partial charge in [-0.1, -0.05) is 56.3 Å². The number of aliphatic imine (C=N–C) groups is 1. The molecule has 0 radical (unpaired) electrons. The van der Waals surface area contributed by atoms with E-state index in [4.69, 9.17) is 9.47 Å². The Morgan fingerprint density at radius 2 is 1.73 bits per heavy atom. The number of hydrogen-bond acceptors (Lipinski definition) is 5. The van der Waals surface area contributed by atoms with Gasteiger partial charge in [-0.25, -0.2) is 9.59 Å². The molecule has 0 saturated carbocycles. The normalized spacial score (nSPS) is 19.6. The summed E-state index contributed by atoms with van der Waals surface area (Å²) in [6, 6.07) is 15.8. The summed E-state index contributed by atoms with van der Waals surface area (Å²) in [5.41, 5.74) is -0.00849. The highest BCUT2D eigenvalue weighted by Gasteiger charge is 2.53. The second kappa shape index (κ2) is 11.2. The number of hydrogen-bond donors (Lipinski definition) is 1. The molecule has 1 unspecified atom stereocenters. The van der Waals surface area contributed by atoms with Crippen molar-refractivity contribution in [1.82, 2.24) is 10.2 Å². The first-order valence-electron chi connectivity index (χ1n) is 12.6. The summed E-state index contributed by atoms with van der Waals surface area (Å²) in [7, 11) is 0. The molecule has 0 aliphatic carbocycles. The highest BCUT2D eigenvalue weighted by atomic mass is 16.6. The molecule has 2 aromatic rings. The van der Waals surface area contributed by atoms with Crippen LogP contribution in [0.5, 0.6) is 0 Å². The third-order valence-corrected chi connectivity index (χ3v) is 5.98. The SMILES string of the molecule is CCOC(=O)c1cccc(C(C)N2C(=O)[C@@](CC(C)C)(c3ccccc3)NC2=NC(=O)OC(C)(C)C)c1. The van der Waals surface area contributed by atoms with Crippen molar-refractivity contribution in [2.24, 2.45) is 10.9 Å². The largest absolute Gasteiger partial charge is 0.462 e. The van der Waals surface area contributed by atoms with E-state index in [1.165, 1.54) is 4.90 Å². The van der Waals surface area contributed by atoms with Crippen LogP contribution in [0.15, 0.2) is 59.6 Å². The Bertz CT molecular complexity index is 1170. The topological polar surface area (TPSA) is 97.3 Å². The van der Waals surface area contributed by atoms with Gasteiger partial charge in [-0.15, -0.1) is 4.99 Å². The molecule has 0 spiro atoms. The highest BCUT2D eigenvalue weighted by molar-refractivity contribution is 6.11. The molecule has 2 amide bonds. The van der Waals surface area contributed by atoms with Crippen molar-refractivity contribution in [2.45, 2.75) is 72.1 Å². The third kappa shape index (κ3) is 6.37. The van der Waals surface area contributed by atoms with E-state index in [2.05, 4.69) is 10.3 Å². The summed E-state index contributed by atoms with van der Waals surface area (Å²) >= 11 is 0. The molecule has 0 aromatic heterocycles. The summed E-state index contributed by atoms with van der Waals surface area (Å²) in [6.45, 7) is 13.2. The predicted octanol–water partition coefficient (Wildman–Crippen LogP) is 5.59. The first-order valence-corrected chi connectivity index (χ1v) is 12.6. The van der Waals surface area contributed by atoms with Crippen LogP contribution in [0.3, 0.4) is 0 Å². The van der Waals surface area contributed by atoms with Gasteiger partial charge in [0.15, 0.2) is 0 Å². The average Bonchev–Trinajstić information content (AvgIpc) is 3.09. The predicted molar refractivity (Wildman–Crippen MR) is 142 cm³/mol. The van der Waals surface area contributed by atoms with Crippen molar-refractivity contribution in [1.29, 1.82) is 0 Å². The van der Waals surface area contributed by atoms with Crippen LogP contribution in [-0.4, -0.2) is 41.0 Å². The zero-order chi connectivity index (χ0) is 27.4. The van der Waals surface area contributed by atoms with Gasteiger partial charge in [0.25, 0.3) is 5.91 Å². The lowest BCUT2D eigenvalue weighted by Gasteiger charge is -2.30. The highest BCUT2D eigenvalue weighted by Crippen LogP contribution is 2.39. The molecule has 1 N–H and O–H groups in total. The van der Waals surface area contributed by atoms with Crippen molar-refractivity contribution in [2.75, 3.05) is 6.61 Å². The summed E-state index contributed by atoms with van der Waals surface area (Å²) in [5.74, 6) is -0.410. The van der Waals surface area contributed by atoms with Crippen molar-refractivity contribution in [3.63, 3.8) is 0 Å². The fourth-order valence-corrected chi connectivity index (χ4v) is 4.49. The fourth-order valence-electron chi connectivity index (χ4n) is 4.49. The molecule has 1 saturated heterocycles. The van der Waals surface area contributed by atoms with Gasteiger partial charge in [-0.2, -0.15) is 0 Å². The van der Waals surface area contributed by atoms with Gasteiger partial charge >= 0.3 is 12.1 Å². The fraction of sp³-hybridized carbons (Fsp3) is 0.448. The zero-order valence-corrected chi connectivity index (χ0v) is 22.7. The van der Waals surface area contributed by atoms with E-state index in [0.717, 1.165) is 5.56 Å². The molecule has 37 heavy (non-hydrogen) atoms. The Kier molecular flexibility index (Phi) is 8.41. The first-order chi connectivity index (χ1) is 17.4. The number of amides is 2. The maximum absolute atomic E-state index is 14.3. The lowest BCUT2D eigenvalue weighted by atomic mass is 9.82. The van der Waals surface area contributed by atoms with Gasteiger partial charge in [0.2, 0.25) is 5.96 Å². The van der Waals surface area contributed by atoms with E-state index >= 15 is 0 Å². The van der Waals surface area contributed by atoms with Crippen molar-refractivity contribution in [3.8, 4) is 0 Å². The summed E-state index contributed by atoms with van der Waals surface area (Å²) in [4.78, 5) is 45.1. The van der Waals surface area contributed by atoms with E-state index in [1.807, 2.05) is 57.2 Å². The minimum absolute atomic E-state index is 0.109. The van der Waals surface area contributed by atoms with Crippen LogP contribution in [0.1, 0.15) is 82.4 Å². The molecule has 1 fully saturated rings. The number of nitrogens with zero attached hydrogens (tertiary/aromatic N) is 2. The van der Waals surface area contributed by atoms with Crippen LogP contribution in [-0.2, 0) is 19.8 Å². The van der Waals surface area contributed by atoms with E-state index in [-0.39, 0.29) is 24.4 Å². The number of nitrogens with one attached hydrogen (secondary N) is 1. The molecule has 0 bridgehead atoms. The molecule has 1 aliphatic heterocycles. The lowest BCUT2D eigenvalue weighted by molar-refractivity contribution is -0.133. The van der Waals surface area contributed by atoms with Gasteiger partial charge in [-0.3, -0.25) is 9.69 Å².